The number of aromatic nitrogens is 1. The van der Waals surface area contributed by atoms with E-state index in [1.54, 1.807) is 23.2 Å². The van der Waals surface area contributed by atoms with Crippen molar-refractivity contribution in [2.45, 2.75) is 45.6 Å². The SMILES string of the molecule is CC(C)(C)OC(=O)N1CCC(CNC(=O)Cc2cccnc2N)CC1. The molecule has 1 saturated heterocycles. The van der Waals surface area contributed by atoms with Crippen LogP contribution < -0.4 is 11.1 Å². The number of anilines is 1. The first kappa shape index (κ1) is 19.0. The number of pyridine rings is 1. The molecule has 3 N–H and O–H groups in total. The van der Waals surface area contributed by atoms with Gasteiger partial charge in [-0.2, -0.15) is 0 Å². The summed E-state index contributed by atoms with van der Waals surface area (Å²) in [6.45, 7) is 7.52. The maximum Gasteiger partial charge on any atom is 0.410 e. The summed E-state index contributed by atoms with van der Waals surface area (Å²) < 4.78 is 5.39. The molecule has 2 amide bonds. The largest absolute Gasteiger partial charge is 0.444 e. The van der Waals surface area contributed by atoms with E-state index in [9.17, 15) is 9.59 Å². The fraction of sp³-hybridized carbons (Fsp3) is 0.611. The lowest BCUT2D eigenvalue weighted by Crippen LogP contribution is -2.43. The molecular weight excluding hydrogens is 320 g/mol. The summed E-state index contributed by atoms with van der Waals surface area (Å²) in [6, 6.07) is 3.58. The van der Waals surface area contributed by atoms with Crippen LogP contribution in [0.15, 0.2) is 18.3 Å². The van der Waals surface area contributed by atoms with Gasteiger partial charge in [-0.15, -0.1) is 0 Å². The number of nitrogens with one attached hydrogen (secondary N) is 1. The van der Waals surface area contributed by atoms with Crippen molar-refractivity contribution < 1.29 is 14.3 Å². The minimum Gasteiger partial charge on any atom is -0.444 e. The second-order valence-electron chi connectivity index (χ2n) is 7.44. The van der Waals surface area contributed by atoms with E-state index in [2.05, 4.69) is 10.3 Å². The van der Waals surface area contributed by atoms with Gasteiger partial charge in [0.05, 0.1) is 6.42 Å². The highest BCUT2D eigenvalue weighted by Gasteiger charge is 2.26. The van der Waals surface area contributed by atoms with Gasteiger partial charge in [0.2, 0.25) is 5.91 Å². The van der Waals surface area contributed by atoms with Crippen LogP contribution in [0.3, 0.4) is 0 Å². The normalized spacial score (nSPS) is 15.7. The summed E-state index contributed by atoms with van der Waals surface area (Å²) >= 11 is 0. The van der Waals surface area contributed by atoms with Gasteiger partial charge in [0.15, 0.2) is 0 Å². The zero-order valence-electron chi connectivity index (χ0n) is 15.2. The highest BCUT2D eigenvalue weighted by molar-refractivity contribution is 5.79. The van der Waals surface area contributed by atoms with Crippen molar-refractivity contribution in [3.05, 3.63) is 23.9 Å². The van der Waals surface area contributed by atoms with Crippen LogP contribution in [-0.4, -0.2) is 47.1 Å². The molecule has 0 atom stereocenters. The van der Waals surface area contributed by atoms with Crippen molar-refractivity contribution in [2.75, 3.05) is 25.4 Å². The Labute approximate surface area is 148 Å². The molecule has 25 heavy (non-hydrogen) atoms. The Hall–Kier alpha value is -2.31. The summed E-state index contributed by atoms with van der Waals surface area (Å²) in [5.74, 6) is 0.700. The van der Waals surface area contributed by atoms with E-state index < -0.39 is 5.60 Å². The molecular formula is C18H28N4O3. The first-order valence-electron chi connectivity index (χ1n) is 8.68. The zero-order chi connectivity index (χ0) is 18.4. The lowest BCUT2D eigenvalue weighted by Gasteiger charge is -2.33. The summed E-state index contributed by atoms with van der Waals surface area (Å²) in [5.41, 5.74) is 6.01. The van der Waals surface area contributed by atoms with Gasteiger partial charge in [-0.3, -0.25) is 4.79 Å². The summed E-state index contributed by atoms with van der Waals surface area (Å²) in [6.07, 6.45) is 3.29. The Morgan fingerprint density at radius 3 is 2.64 bits per heavy atom. The molecule has 1 aromatic heterocycles. The lowest BCUT2D eigenvalue weighted by molar-refractivity contribution is -0.120. The Balaban J connectivity index is 1.71. The van der Waals surface area contributed by atoms with Crippen LogP contribution in [0, 0.1) is 5.92 Å². The second-order valence-corrected chi connectivity index (χ2v) is 7.44. The monoisotopic (exact) mass is 348 g/mol. The second kappa shape index (κ2) is 8.18. The third-order valence-electron chi connectivity index (χ3n) is 4.13. The minimum atomic E-state index is -0.476. The number of likely N-dealkylation sites (tertiary alicyclic amines) is 1. The Kier molecular flexibility index (Phi) is 6.22. The third-order valence-corrected chi connectivity index (χ3v) is 4.13. The molecule has 2 heterocycles. The lowest BCUT2D eigenvalue weighted by atomic mass is 9.97. The van der Waals surface area contributed by atoms with Gasteiger partial charge in [0.25, 0.3) is 0 Å². The number of ether oxygens (including phenoxy) is 1. The van der Waals surface area contributed by atoms with E-state index >= 15 is 0 Å². The van der Waals surface area contributed by atoms with Crippen LogP contribution >= 0.6 is 0 Å². The molecule has 0 aromatic carbocycles. The molecule has 1 aliphatic rings. The van der Waals surface area contributed by atoms with E-state index in [1.807, 2.05) is 20.8 Å². The molecule has 0 aliphatic carbocycles. The number of carbonyl (C=O) groups excluding carboxylic acids is 2. The Bertz CT molecular complexity index is 605. The van der Waals surface area contributed by atoms with Gasteiger partial charge in [-0.25, -0.2) is 9.78 Å². The maximum atomic E-state index is 12.1. The highest BCUT2D eigenvalue weighted by Crippen LogP contribution is 2.19. The van der Waals surface area contributed by atoms with Gasteiger partial charge < -0.3 is 20.7 Å². The molecule has 138 valence electrons. The molecule has 0 unspecified atom stereocenters. The number of amides is 2. The van der Waals surface area contributed by atoms with Crippen LogP contribution in [0.4, 0.5) is 10.6 Å². The van der Waals surface area contributed by atoms with Crippen molar-refractivity contribution in [3.8, 4) is 0 Å². The average Bonchev–Trinajstić information content (AvgIpc) is 2.54. The van der Waals surface area contributed by atoms with Crippen LogP contribution in [0.1, 0.15) is 39.2 Å². The standard InChI is InChI=1S/C18H28N4O3/c1-18(2,3)25-17(24)22-9-6-13(7-10-22)12-21-15(23)11-14-5-4-8-20-16(14)19/h4-5,8,13H,6-7,9-12H2,1-3H3,(H2,19,20)(H,21,23). The highest BCUT2D eigenvalue weighted by atomic mass is 16.6. The van der Waals surface area contributed by atoms with E-state index in [0.717, 1.165) is 18.4 Å². The number of nitrogen functional groups attached to an aromatic ring is 1. The quantitative estimate of drug-likeness (QED) is 0.867. The van der Waals surface area contributed by atoms with Crippen LogP contribution in [0.25, 0.3) is 0 Å². The zero-order valence-corrected chi connectivity index (χ0v) is 15.2. The molecule has 1 aliphatic heterocycles. The van der Waals surface area contributed by atoms with E-state index in [4.69, 9.17) is 10.5 Å². The van der Waals surface area contributed by atoms with E-state index in [0.29, 0.717) is 31.4 Å². The van der Waals surface area contributed by atoms with Crippen LogP contribution in [0.2, 0.25) is 0 Å². The average molecular weight is 348 g/mol. The third kappa shape index (κ3) is 6.25. The summed E-state index contributed by atoms with van der Waals surface area (Å²) in [4.78, 5) is 29.8. The molecule has 1 fully saturated rings. The summed E-state index contributed by atoms with van der Waals surface area (Å²) in [7, 11) is 0. The minimum absolute atomic E-state index is 0.0609. The molecule has 7 nitrogen and oxygen atoms in total. The van der Waals surface area contributed by atoms with Crippen LogP contribution in [-0.2, 0) is 16.0 Å². The molecule has 1 aromatic rings. The fourth-order valence-corrected chi connectivity index (χ4v) is 2.74. The van der Waals surface area contributed by atoms with Crippen molar-refractivity contribution >= 4 is 17.8 Å². The number of hydrogen-bond donors (Lipinski definition) is 2. The molecule has 0 bridgehead atoms. The van der Waals surface area contributed by atoms with Crippen molar-refractivity contribution in [1.29, 1.82) is 0 Å². The molecule has 2 rings (SSSR count). The van der Waals surface area contributed by atoms with Crippen LogP contribution in [0.5, 0.6) is 0 Å². The maximum absolute atomic E-state index is 12.1. The molecule has 0 saturated carbocycles. The van der Waals surface area contributed by atoms with Gasteiger partial charge in [0.1, 0.15) is 11.4 Å². The van der Waals surface area contributed by atoms with Gasteiger partial charge in [-0.05, 0) is 45.6 Å². The molecule has 7 heteroatoms. The molecule has 0 radical (unpaired) electrons. The van der Waals surface area contributed by atoms with Gasteiger partial charge >= 0.3 is 6.09 Å². The summed E-state index contributed by atoms with van der Waals surface area (Å²) in [5, 5.41) is 2.95. The first-order chi connectivity index (χ1) is 11.7. The van der Waals surface area contributed by atoms with E-state index in [1.165, 1.54) is 0 Å². The number of nitrogens with zero attached hydrogens (tertiary/aromatic N) is 2. The predicted octanol–water partition coefficient (Wildman–Crippen LogP) is 1.97. The predicted molar refractivity (Wildman–Crippen MR) is 95.9 cm³/mol. The number of piperidine rings is 1. The number of nitrogens with two attached hydrogens (primary N) is 1. The van der Waals surface area contributed by atoms with Crippen molar-refractivity contribution in [2.24, 2.45) is 5.92 Å². The topological polar surface area (TPSA) is 97.5 Å². The number of hydrogen-bond acceptors (Lipinski definition) is 5. The first-order valence-corrected chi connectivity index (χ1v) is 8.68. The van der Waals surface area contributed by atoms with Crippen molar-refractivity contribution in [1.82, 2.24) is 15.2 Å². The fourth-order valence-electron chi connectivity index (χ4n) is 2.74. The van der Waals surface area contributed by atoms with Crippen molar-refractivity contribution in [3.63, 3.8) is 0 Å². The van der Waals surface area contributed by atoms with Gasteiger partial charge in [-0.1, -0.05) is 6.07 Å². The smallest absolute Gasteiger partial charge is 0.410 e. The Morgan fingerprint density at radius 1 is 1.36 bits per heavy atom. The number of carbonyl (C=O) groups is 2. The molecule has 0 spiro atoms. The number of rotatable bonds is 4. The Morgan fingerprint density at radius 2 is 2.04 bits per heavy atom. The van der Waals surface area contributed by atoms with E-state index in [-0.39, 0.29) is 18.4 Å². The van der Waals surface area contributed by atoms with Gasteiger partial charge in [0, 0.05) is 31.4 Å².